The molecule has 1 aliphatic carbocycles. The van der Waals surface area contributed by atoms with E-state index in [1.165, 1.54) is 7.11 Å². The molecule has 2 fully saturated rings. The van der Waals surface area contributed by atoms with Gasteiger partial charge in [-0.25, -0.2) is 0 Å². The van der Waals surface area contributed by atoms with Crippen LogP contribution in [0.2, 0.25) is 18.1 Å². The van der Waals surface area contributed by atoms with Gasteiger partial charge in [-0.2, -0.15) is 0 Å². The van der Waals surface area contributed by atoms with E-state index >= 15 is 0 Å². The van der Waals surface area contributed by atoms with E-state index in [1.54, 1.807) is 14.2 Å². The first-order valence-electron chi connectivity index (χ1n) is 12.6. The fourth-order valence-corrected chi connectivity index (χ4v) is 6.32. The van der Waals surface area contributed by atoms with Gasteiger partial charge in [-0.1, -0.05) is 32.9 Å². The van der Waals surface area contributed by atoms with Crippen molar-refractivity contribution in [1.29, 1.82) is 0 Å². The van der Waals surface area contributed by atoms with Crippen LogP contribution in [-0.4, -0.2) is 73.4 Å². The summed E-state index contributed by atoms with van der Waals surface area (Å²) in [5.41, 5.74) is -0.648. The molecule has 1 saturated heterocycles. The molecule has 5 atom stereocenters. The van der Waals surface area contributed by atoms with E-state index in [2.05, 4.69) is 33.9 Å². The lowest BCUT2D eigenvalue weighted by atomic mass is 9.59. The van der Waals surface area contributed by atoms with Gasteiger partial charge in [0, 0.05) is 19.4 Å². The van der Waals surface area contributed by atoms with Gasteiger partial charge in [0.1, 0.15) is 18.1 Å². The fourth-order valence-electron chi connectivity index (χ4n) is 4.96. The van der Waals surface area contributed by atoms with E-state index in [0.29, 0.717) is 19.6 Å². The maximum Gasteiger partial charge on any atom is 0.314 e. The van der Waals surface area contributed by atoms with Crippen molar-refractivity contribution < 1.29 is 37.6 Å². The second kappa shape index (κ2) is 11.1. The van der Waals surface area contributed by atoms with E-state index in [1.807, 2.05) is 31.2 Å². The highest BCUT2D eigenvalue weighted by Crippen LogP contribution is 2.58. The monoisotopic (exact) mass is 524 g/mol. The quantitative estimate of drug-likeness (QED) is 0.137. The summed E-state index contributed by atoms with van der Waals surface area (Å²) in [5.74, 6) is 0.104. The minimum absolute atomic E-state index is 0.0215. The van der Waals surface area contributed by atoms with E-state index in [-0.39, 0.29) is 36.4 Å². The summed E-state index contributed by atoms with van der Waals surface area (Å²) in [7, 11) is 2.48. The van der Waals surface area contributed by atoms with Gasteiger partial charge in [0.25, 0.3) is 0 Å². The number of carbonyl (C=O) groups is 1. The van der Waals surface area contributed by atoms with Crippen LogP contribution in [0.25, 0.3) is 0 Å². The molecule has 0 N–H and O–H groups in total. The Morgan fingerprint density at radius 3 is 2.25 bits per heavy atom. The topological polar surface area (TPSA) is 85.0 Å². The largest absolute Gasteiger partial charge is 0.497 e. The molecule has 0 aromatic heterocycles. The molecule has 0 radical (unpaired) electrons. The predicted octanol–water partition coefficient (Wildman–Crippen LogP) is 4.56. The van der Waals surface area contributed by atoms with Gasteiger partial charge in [0.15, 0.2) is 8.32 Å². The SMILES string of the molecule is COCOC[C@@H]1[C@@]2(CO2)[C@@H](O[Si](C)(C)C(C)(C)C)C[C@H](OCc2ccc(OC)cc2)[C@@]1(C)C(=O)OC. The third-order valence-electron chi connectivity index (χ3n) is 8.40. The number of epoxide rings is 1. The van der Waals surface area contributed by atoms with Crippen molar-refractivity contribution in [2.24, 2.45) is 11.3 Å². The van der Waals surface area contributed by atoms with Gasteiger partial charge in [0.2, 0.25) is 0 Å². The lowest BCUT2D eigenvalue weighted by molar-refractivity contribution is -0.203. The summed E-state index contributed by atoms with van der Waals surface area (Å²) >= 11 is 0. The molecule has 204 valence electrons. The molecule has 8 nitrogen and oxygen atoms in total. The van der Waals surface area contributed by atoms with Crippen molar-refractivity contribution in [3.8, 4) is 5.75 Å². The Labute approximate surface area is 217 Å². The number of rotatable bonds is 11. The number of hydrogen-bond donors (Lipinski definition) is 0. The van der Waals surface area contributed by atoms with Gasteiger partial charge < -0.3 is 32.8 Å². The maximum absolute atomic E-state index is 13.4. The summed E-state index contributed by atoms with van der Waals surface area (Å²) in [5, 5.41) is 0.0215. The highest BCUT2D eigenvalue weighted by Gasteiger charge is 2.71. The minimum atomic E-state index is -2.15. The Morgan fingerprint density at radius 2 is 1.75 bits per heavy atom. The number of methoxy groups -OCH3 is 3. The number of carbonyl (C=O) groups excluding carboxylic acids is 1. The Bertz CT molecular complexity index is 877. The van der Waals surface area contributed by atoms with Crippen molar-refractivity contribution in [1.82, 2.24) is 0 Å². The van der Waals surface area contributed by atoms with Crippen LogP contribution >= 0.6 is 0 Å². The maximum atomic E-state index is 13.4. The highest BCUT2D eigenvalue weighted by atomic mass is 28.4. The zero-order valence-electron chi connectivity index (χ0n) is 23.3. The molecular weight excluding hydrogens is 480 g/mol. The van der Waals surface area contributed by atoms with E-state index < -0.39 is 25.4 Å². The van der Waals surface area contributed by atoms with Crippen LogP contribution in [0, 0.1) is 11.3 Å². The van der Waals surface area contributed by atoms with Gasteiger partial charge in [-0.05, 0) is 42.8 Å². The average molecular weight is 525 g/mol. The molecule has 1 spiro atoms. The van der Waals surface area contributed by atoms with Crippen LogP contribution in [0.1, 0.15) is 39.7 Å². The molecule has 3 rings (SSSR count). The minimum Gasteiger partial charge on any atom is -0.497 e. The standard InChI is InChI=1S/C27H44O8Si/c1-25(2,3)36(8,9)35-23-14-22(33-15-19-10-12-20(30-6)13-11-19)26(4,24(28)31-7)21(16-32-18-29-5)27(23)17-34-27/h10-13,21-23H,14-18H2,1-9H3/t21-,22-,23-,26-,27-/m0/s1. The number of ether oxygens (including phenoxy) is 6. The molecular formula is C27H44O8Si. The van der Waals surface area contributed by atoms with Crippen molar-refractivity contribution >= 4 is 14.3 Å². The summed E-state index contributed by atoms with van der Waals surface area (Å²) in [6, 6.07) is 7.73. The summed E-state index contributed by atoms with van der Waals surface area (Å²) in [6.45, 7) is 14.3. The Morgan fingerprint density at radius 1 is 1.11 bits per heavy atom. The van der Waals surface area contributed by atoms with Crippen LogP contribution in [-0.2, 0) is 39.5 Å². The van der Waals surface area contributed by atoms with Gasteiger partial charge in [0.05, 0.1) is 51.7 Å². The molecule has 1 aromatic rings. The molecule has 0 bridgehead atoms. The molecule has 0 unspecified atom stereocenters. The van der Waals surface area contributed by atoms with E-state index in [9.17, 15) is 4.79 Å². The summed E-state index contributed by atoms with van der Waals surface area (Å²) in [6.07, 6.45) is -0.171. The average Bonchev–Trinajstić information content (AvgIpc) is 3.62. The van der Waals surface area contributed by atoms with Gasteiger partial charge in [-0.15, -0.1) is 0 Å². The van der Waals surface area contributed by atoms with Crippen LogP contribution in [0.3, 0.4) is 0 Å². The normalized spacial score (nSPS) is 30.3. The number of benzene rings is 1. The van der Waals surface area contributed by atoms with E-state index in [0.717, 1.165) is 11.3 Å². The van der Waals surface area contributed by atoms with Gasteiger partial charge in [-0.3, -0.25) is 4.79 Å². The first kappa shape index (κ1) is 29.1. The number of hydrogen-bond acceptors (Lipinski definition) is 8. The molecule has 0 amide bonds. The zero-order chi connectivity index (χ0) is 26.8. The first-order chi connectivity index (χ1) is 16.9. The number of esters is 1. The molecule has 1 aromatic carbocycles. The molecule has 1 saturated carbocycles. The molecule has 2 aliphatic rings. The molecule has 1 aliphatic heterocycles. The van der Waals surface area contributed by atoms with Crippen LogP contribution in [0.4, 0.5) is 0 Å². The smallest absolute Gasteiger partial charge is 0.314 e. The third-order valence-corrected chi connectivity index (χ3v) is 12.9. The van der Waals surface area contributed by atoms with Crippen LogP contribution < -0.4 is 4.74 Å². The Kier molecular flexibility index (Phi) is 8.95. The first-order valence-corrected chi connectivity index (χ1v) is 15.5. The predicted molar refractivity (Wildman–Crippen MR) is 138 cm³/mol. The Hall–Kier alpha value is -1.49. The molecule has 1 heterocycles. The van der Waals surface area contributed by atoms with Crippen molar-refractivity contribution in [2.75, 3.05) is 41.3 Å². The molecule has 36 heavy (non-hydrogen) atoms. The lowest BCUT2D eigenvalue weighted by Crippen LogP contribution is -2.65. The summed E-state index contributed by atoms with van der Waals surface area (Å²) in [4.78, 5) is 13.4. The lowest BCUT2D eigenvalue weighted by Gasteiger charge is -2.52. The van der Waals surface area contributed by atoms with Crippen molar-refractivity contribution in [3.05, 3.63) is 29.8 Å². The van der Waals surface area contributed by atoms with Crippen molar-refractivity contribution in [3.63, 3.8) is 0 Å². The molecule has 9 heteroatoms. The van der Waals surface area contributed by atoms with Crippen LogP contribution in [0.5, 0.6) is 5.75 Å². The fraction of sp³-hybridized carbons (Fsp3) is 0.741. The van der Waals surface area contributed by atoms with Crippen molar-refractivity contribution in [2.45, 2.75) is 76.7 Å². The van der Waals surface area contributed by atoms with E-state index in [4.69, 9.17) is 32.8 Å². The second-order valence-electron chi connectivity index (χ2n) is 11.6. The second-order valence-corrected chi connectivity index (χ2v) is 16.4. The third kappa shape index (κ3) is 5.66. The van der Waals surface area contributed by atoms with Gasteiger partial charge >= 0.3 is 5.97 Å². The summed E-state index contributed by atoms with van der Waals surface area (Å²) < 4.78 is 41.2. The highest BCUT2D eigenvalue weighted by molar-refractivity contribution is 6.74. The van der Waals surface area contributed by atoms with Crippen LogP contribution in [0.15, 0.2) is 24.3 Å². The zero-order valence-corrected chi connectivity index (χ0v) is 24.3. The Balaban J connectivity index is 1.96.